The molecule has 5 heteroatoms. The van der Waals surface area contributed by atoms with Gasteiger partial charge in [0, 0.05) is 19.1 Å². The van der Waals surface area contributed by atoms with Gasteiger partial charge in [0.1, 0.15) is 0 Å². The van der Waals surface area contributed by atoms with Gasteiger partial charge in [0.25, 0.3) is 0 Å². The molecule has 2 aromatic rings. The highest BCUT2D eigenvalue weighted by molar-refractivity contribution is 6.74. The molecule has 1 aliphatic heterocycles. The molecular formula is C30H49NO2Si2. The number of hydrogen-bond acceptors (Lipinski definition) is 3. The number of likely N-dealkylation sites (tertiary alicyclic amines) is 1. The molecular weight excluding hydrogens is 463 g/mol. The monoisotopic (exact) mass is 511 g/mol. The van der Waals surface area contributed by atoms with Crippen LogP contribution >= 0.6 is 0 Å². The van der Waals surface area contributed by atoms with E-state index in [-0.39, 0.29) is 28.3 Å². The van der Waals surface area contributed by atoms with Gasteiger partial charge in [-0.15, -0.1) is 0 Å². The van der Waals surface area contributed by atoms with Crippen LogP contribution in [0.15, 0.2) is 60.7 Å². The van der Waals surface area contributed by atoms with E-state index in [2.05, 4.69) is 133 Å². The Hall–Kier alpha value is -1.25. The molecule has 0 unspecified atom stereocenters. The van der Waals surface area contributed by atoms with Crippen LogP contribution in [-0.4, -0.2) is 46.3 Å². The van der Waals surface area contributed by atoms with E-state index >= 15 is 0 Å². The molecule has 2 aromatic carbocycles. The zero-order valence-corrected chi connectivity index (χ0v) is 25.9. The Labute approximate surface area is 217 Å². The molecule has 0 aliphatic carbocycles. The molecule has 0 bridgehead atoms. The third-order valence-electron chi connectivity index (χ3n) is 8.63. The predicted molar refractivity (Wildman–Crippen MR) is 155 cm³/mol. The van der Waals surface area contributed by atoms with Crippen molar-refractivity contribution in [2.24, 2.45) is 0 Å². The van der Waals surface area contributed by atoms with Crippen molar-refractivity contribution in [3.63, 3.8) is 0 Å². The van der Waals surface area contributed by atoms with E-state index in [1.807, 2.05) is 0 Å². The molecule has 1 aliphatic rings. The third kappa shape index (κ3) is 6.95. The second kappa shape index (κ2) is 10.6. The fraction of sp³-hybridized carbons (Fsp3) is 0.600. The summed E-state index contributed by atoms with van der Waals surface area (Å²) in [6.07, 6.45) is 1.13. The quantitative estimate of drug-likeness (QED) is 0.336. The summed E-state index contributed by atoms with van der Waals surface area (Å²) in [7, 11) is -3.97. The fourth-order valence-electron chi connectivity index (χ4n) is 4.36. The number of rotatable bonds is 8. The molecule has 1 heterocycles. The van der Waals surface area contributed by atoms with Crippen LogP contribution in [0, 0.1) is 0 Å². The maximum absolute atomic E-state index is 7.28. The van der Waals surface area contributed by atoms with Gasteiger partial charge in [-0.1, -0.05) is 102 Å². The lowest BCUT2D eigenvalue weighted by atomic mass is 10.0. The first-order valence-corrected chi connectivity index (χ1v) is 19.1. The molecule has 0 aromatic heterocycles. The molecule has 1 saturated heterocycles. The van der Waals surface area contributed by atoms with Crippen LogP contribution in [0.1, 0.15) is 52.7 Å². The molecule has 0 N–H and O–H groups in total. The SMILES string of the molecule is CC(C)(C)[Si](C)(C)O[C@@H]1[C@@H](O[Si](C)(C)C(C)(C)C)CN(Cc2ccccc2)[C@H]1Cc1ccccc1. The molecule has 194 valence electrons. The average Bonchev–Trinajstić information content (AvgIpc) is 3.02. The van der Waals surface area contributed by atoms with Gasteiger partial charge >= 0.3 is 0 Å². The zero-order valence-electron chi connectivity index (χ0n) is 23.9. The van der Waals surface area contributed by atoms with E-state index in [1.54, 1.807) is 0 Å². The lowest BCUT2D eigenvalue weighted by Gasteiger charge is -2.44. The molecule has 0 radical (unpaired) electrons. The van der Waals surface area contributed by atoms with Gasteiger partial charge in [0.05, 0.1) is 12.2 Å². The number of nitrogens with zero attached hydrogens (tertiary/aromatic N) is 1. The highest BCUT2D eigenvalue weighted by Gasteiger charge is 2.51. The van der Waals surface area contributed by atoms with Crippen LogP contribution in [0.2, 0.25) is 36.3 Å². The summed E-state index contributed by atoms with van der Waals surface area (Å²) >= 11 is 0. The van der Waals surface area contributed by atoms with E-state index in [9.17, 15) is 0 Å². The molecule has 0 spiro atoms. The van der Waals surface area contributed by atoms with E-state index in [0.717, 1.165) is 19.5 Å². The van der Waals surface area contributed by atoms with Crippen LogP contribution in [0.5, 0.6) is 0 Å². The topological polar surface area (TPSA) is 21.7 Å². The zero-order chi connectivity index (χ0) is 26.1. The standard InChI is InChI=1S/C30H49NO2Si2/c1-29(2,3)34(7,8)32-27-23-31(22-25-19-15-12-16-20-25)26(21-24-17-13-11-14-18-24)28(27)33-35(9,10)30(4,5)6/h11-20,26-28H,21-23H2,1-10H3/t26-,27-,28-/m0/s1. The van der Waals surface area contributed by atoms with Crippen LogP contribution in [-0.2, 0) is 21.8 Å². The van der Waals surface area contributed by atoms with Crippen molar-refractivity contribution in [2.75, 3.05) is 6.54 Å². The lowest BCUT2D eigenvalue weighted by molar-refractivity contribution is 0.0515. The highest BCUT2D eigenvalue weighted by Crippen LogP contribution is 2.43. The Morgan fingerprint density at radius 2 is 1.17 bits per heavy atom. The molecule has 35 heavy (non-hydrogen) atoms. The summed E-state index contributed by atoms with van der Waals surface area (Å²) in [5, 5.41) is 0.314. The first kappa shape index (κ1) is 28.3. The summed E-state index contributed by atoms with van der Waals surface area (Å²) in [4.78, 5) is 2.64. The van der Waals surface area contributed by atoms with Crippen LogP contribution in [0.25, 0.3) is 0 Å². The van der Waals surface area contributed by atoms with Gasteiger partial charge < -0.3 is 8.85 Å². The maximum Gasteiger partial charge on any atom is 0.192 e. The number of hydrogen-bond donors (Lipinski definition) is 0. The third-order valence-corrected chi connectivity index (χ3v) is 17.6. The molecule has 3 rings (SSSR count). The number of benzene rings is 2. The molecule has 3 atom stereocenters. The minimum atomic E-state index is -2.00. The van der Waals surface area contributed by atoms with Crippen LogP contribution < -0.4 is 0 Å². The van der Waals surface area contributed by atoms with Gasteiger partial charge in [-0.25, -0.2) is 0 Å². The van der Waals surface area contributed by atoms with Crippen molar-refractivity contribution in [3.05, 3.63) is 71.8 Å². The Bertz CT molecular complexity index is 932. The van der Waals surface area contributed by atoms with Crippen LogP contribution in [0.4, 0.5) is 0 Å². The average molecular weight is 512 g/mol. The maximum atomic E-state index is 7.28. The molecule has 1 fully saturated rings. The summed E-state index contributed by atoms with van der Waals surface area (Å²) in [6, 6.07) is 22.1. The molecule has 0 saturated carbocycles. The van der Waals surface area contributed by atoms with E-state index < -0.39 is 16.6 Å². The summed E-state index contributed by atoms with van der Waals surface area (Å²) in [6.45, 7) is 25.4. The highest BCUT2D eigenvalue weighted by atomic mass is 28.4. The van der Waals surface area contributed by atoms with Crippen molar-refractivity contribution in [3.8, 4) is 0 Å². The van der Waals surface area contributed by atoms with E-state index in [4.69, 9.17) is 8.85 Å². The van der Waals surface area contributed by atoms with Gasteiger partial charge in [-0.05, 0) is 53.8 Å². The van der Waals surface area contributed by atoms with Crippen molar-refractivity contribution >= 4 is 16.6 Å². The van der Waals surface area contributed by atoms with Gasteiger partial charge in [-0.3, -0.25) is 4.90 Å². The van der Waals surface area contributed by atoms with Crippen molar-refractivity contribution in [1.29, 1.82) is 0 Å². The summed E-state index contributed by atoms with van der Waals surface area (Å²) < 4.78 is 14.4. The van der Waals surface area contributed by atoms with Crippen molar-refractivity contribution < 1.29 is 8.85 Å². The summed E-state index contributed by atoms with van der Waals surface area (Å²) in [5.74, 6) is 0. The van der Waals surface area contributed by atoms with Gasteiger partial charge in [0.2, 0.25) is 0 Å². The van der Waals surface area contributed by atoms with Crippen molar-refractivity contribution in [1.82, 2.24) is 4.90 Å². The van der Waals surface area contributed by atoms with Gasteiger partial charge in [0.15, 0.2) is 16.6 Å². The van der Waals surface area contributed by atoms with Crippen LogP contribution in [0.3, 0.4) is 0 Å². The molecule has 3 nitrogen and oxygen atoms in total. The van der Waals surface area contributed by atoms with E-state index in [1.165, 1.54) is 11.1 Å². The van der Waals surface area contributed by atoms with Crippen molar-refractivity contribution in [2.45, 2.75) is 109 Å². The Balaban J connectivity index is 2.01. The minimum absolute atomic E-state index is 0.0638. The second-order valence-electron chi connectivity index (χ2n) is 13.4. The smallest absolute Gasteiger partial charge is 0.192 e. The first-order chi connectivity index (χ1) is 16.1. The predicted octanol–water partition coefficient (Wildman–Crippen LogP) is 7.89. The Morgan fingerprint density at radius 3 is 1.66 bits per heavy atom. The summed E-state index contributed by atoms with van der Waals surface area (Å²) in [5.41, 5.74) is 2.72. The Morgan fingerprint density at radius 1 is 0.714 bits per heavy atom. The lowest BCUT2D eigenvalue weighted by Crippen LogP contribution is -2.53. The fourth-order valence-corrected chi connectivity index (χ4v) is 7.02. The minimum Gasteiger partial charge on any atom is -0.410 e. The largest absolute Gasteiger partial charge is 0.410 e. The molecule has 0 amide bonds. The van der Waals surface area contributed by atoms with Gasteiger partial charge in [-0.2, -0.15) is 0 Å². The van der Waals surface area contributed by atoms with E-state index in [0.29, 0.717) is 0 Å². The first-order valence-electron chi connectivity index (χ1n) is 13.3. The Kier molecular flexibility index (Phi) is 8.60. The normalized spacial score (nSPS) is 22.5. The second-order valence-corrected chi connectivity index (χ2v) is 22.9.